The number of nitrogens with two attached hydrogens (primary N) is 1. The highest BCUT2D eigenvalue weighted by Crippen LogP contribution is 2.18. The predicted octanol–water partition coefficient (Wildman–Crippen LogP) is 1.63. The Morgan fingerprint density at radius 3 is 2.79 bits per heavy atom. The Balaban J connectivity index is 2.94. The van der Waals surface area contributed by atoms with Crippen LogP contribution in [0.2, 0.25) is 5.02 Å². The molecule has 0 unspecified atom stereocenters. The topological polar surface area (TPSA) is 52.3 Å². The van der Waals surface area contributed by atoms with Gasteiger partial charge < -0.3 is 10.5 Å². The first-order chi connectivity index (χ1) is 6.69. The Hall–Kier alpha value is -1.06. The highest BCUT2D eigenvalue weighted by Gasteiger charge is 2.07. The second-order valence-corrected chi connectivity index (χ2v) is 3.24. The van der Waals surface area contributed by atoms with Crippen molar-refractivity contribution in [3.8, 4) is 0 Å². The highest BCUT2D eigenvalue weighted by molar-refractivity contribution is 6.31. The molecule has 0 fully saturated rings. The summed E-state index contributed by atoms with van der Waals surface area (Å²) in [5.74, 6) is -0.383. The summed E-state index contributed by atoms with van der Waals surface area (Å²) in [5, 5.41) is 0.554. The normalized spacial score (nSPS) is 9.93. The molecule has 0 spiro atoms. The smallest absolute Gasteiger partial charge is 0.337 e. The number of hydrogen-bond donors (Lipinski definition) is 1. The zero-order valence-corrected chi connectivity index (χ0v) is 8.67. The van der Waals surface area contributed by atoms with Crippen LogP contribution in [0.15, 0.2) is 18.2 Å². The van der Waals surface area contributed by atoms with Crippen LogP contribution < -0.4 is 5.73 Å². The summed E-state index contributed by atoms with van der Waals surface area (Å²) < 4.78 is 4.57. The van der Waals surface area contributed by atoms with E-state index >= 15 is 0 Å². The molecule has 0 aliphatic rings. The van der Waals surface area contributed by atoms with E-state index in [1.165, 1.54) is 7.11 Å². The van der Waals surface area contributed by atoms with E-state index in [0.29, 0.717) is 23.6 Å². The van der Waals surface area contributed by atoms with Gasteiger partial charge in [0.25, 0.3) is 0 Å². The Morgan fingerprint density at radius 2 is 2.29 bits per heavy atom. The van der Waals surface area contributed by atoms with Crippen molar-refractivity contribution >= 4 is 17.6 Å². The summed E-state index contributed by atoms with van der Waals surface area (Å²) in [5.41, 5.74) is 6.81. The van der Waals surface area contributed by atoms with E-state index in [4.69, 9.17) is 17.3 Å². The molecular formula is C10H12ClNO2. The molecule has 0 atom stereocenters. The van der Waals surface area contributed by atoms with Crippen LogP contribution in [0.3, 0.4) is 0 Å². The minimum atomic E-state index is -0.383. The van der Waals surface area contributed by atoms with Crippen LogP contribution >= 0.6 is 11.6 Å². The van der Waals surface area contributed by atoms with Gasteiger partial charge in [0.05, 0.1) is 12.7 Å². The quantitative estimate of drug-likeness (QED) is 0.777. The molecule has 1 rings (SSSR count). The molecule has 4 heteroatoms. The lowest BCUT2D eigenvalue weighted by Gasteiger charge is -2.04. The third-order valence-electron chi connectivity index (χ3n) is 1.89. The summed E-state index contributed by atoms with van der Waals surface area (Å²) in [6.45, 7) is 0.539. The van der Waals surface area contributed by atoms with Crippen LogP contribution in [0.4, 0.5) is 0 Å². The maximum atomic E-state index is 11.1. The van der Waals surface area contributed by atoms with E-state index in [0.717, 1.165) is 5.56 Å². The molecule has 0 bridgehead atoms. The van der Waals surface area contributed by atoms with E-state index in [1.54, 1.807) is 18.2 Å². The lowest BCUT2D eigenvalue weighted by molar-refractivity contribution is 0.0600. The molecule has 0 radical (unpaired) electrons. The molecule has 76 valence electrons. The zero-order chi connectivity index (χ0) is 10.6. The Kier molecular flexibility index (Phi) is 3.92. The molecule has 3 nitrogen and oxygen atoms in total. The van der Waals surface area contributed by atoms with Gasteiger partial charge in [-0.1, -0.05) is 17.7 Å². The molecule has 1 aromatic carbocycles. The zero-order valence-electron chi connectivity index (χ0n) is 7.92. The lowest BCUT2D eigenvalue weighted by atomic mass is 10.1. The van der Waals surface area contributed by atoms with E-state index in [9.17, 15) is 4.79 Å². The van der Waals surface area contributed by atoms with Crippen molar-refractivity contribution in [2.24, 2.45) is 5.73 Å². The first-order valence-corrected chi connectivity index (χ1v) is 4.63. The summed E-state index contributed by atoms with van der Waals surface area (Å²) >= 11 is 5.95. The number of halogens is 1. The Bertz CT molecular complexity index is 339. The molecular weight excluding hydrogens is 202 g/mol. The minimum Gasteiger partial charge on any atom is -0.465 e. The Labute approximate surface area is 87.8 Å². The van der Waals surface area contributed by atoms with Crippen molar-refractivity contribution in [1.82, 2.24) is 0 Å². The number of hydrogen-bond acceptors (Lipinski definition) is 3. The van der Waals surface area contributed by atoms with Crippen LogP contribution in [0.5, 0.6) is 0 Å². The van der Waals surface area contributed by atoms with E-state index in [2.05, 4.69) is 4.74 Å². The summed E-state index contributed by atoms with van der Waals surface area (Å²) in [4.78, 5) is 11.1. The molecule has 0 amide bonds. The molecule has 0 saturated heterocycles. The van der Waals surface area contributed by atoms with Gasteiger partial charge in [-0.3, -0.25) is 0 Å². The van der Waals surface area contributed by atoms with Crippen molar-refractivity contribution in [3.63, 3.8) is 0 Å². The van der Waals surface area contributed by atoms with Crippen LogP contribution in [-0.2, 0) is 11.2 Å². The number of rotatable bonds is 3. The molecule has 1 aromatic rings. The SMILES string of the molecule is COC(=O)c1ccc(CCN)c(Cl)c1. The number of ether oxygens (including phenoxy) is 1. The van der Waals surface area contributed by atoms with Gasteiger partial charge in [-0.25, -0.2) is 4.79 Å². The predicted molar refractivity (Wildman–Crippen MR) is 55.5 cm³/mol. The number of benzene rings is 1. The van der Waals surface area contributed by atoms with Crippen molar-refractivity contribution in [3.05, 3.63) is 34.3 Å². The molecule has 0 aromatic heterocycles. The van der Waals surface area contributed by atoms with Crippen molar-refractivity contribution in [1.29, 1.82) is 0 Å². The van der Waals surface area contributed by atoms with Gasteiger partial charge in [0.15, 0.2) is 0 Å². The molecule has 14 heavy (non-hydrogen) atoms. The van der Waals surface area contributed by atoms with Gasteiger partial charge in [0.1, 0.15) is 0 Å². The first kappa shape index (κ1) is 11.0. The average Bonchev–Trinajstić information content (AvgIpc) is 2.20. The van der Waals surface area contributed by atoms with Crippen LogP contribution in [-0.4, -0.2) is 19.6 Å². The van der Waals surface area contributed by atoms with Gasteiger partial charge in [-0.05, 0) is 30.7 Å². The van der Waals surface area contributed by atoms with E-state index in [1.807, 2.05) is 0 Å². The summed E-state index contributed by atoms with van der Waals surface area (Å²) in [6.07, 6.45) is 0.709. The number of methoxy groups -OCH3 is 1. The third-order valence-corrected chi connectivity index (χ3v) is 2.24. The molecule has 2 N–H and O–H groups in total. The van der Waals surface area contributed by atoms with Gasteiger partial charge in [-0.2, -0.15) is 0 Å². The Morgan fingerprint density at radius 1 is 1.57 bits per heavy atom. The second-order valence-electron chi connectivity index (χ2n) is 2.84. The van der Waals surface area contributed by atoms with E-state index in [-0.39, 0.29) is 5.97 Å². The largest absolute Gasteiger partial charge is 0.465 e. The summed E-state index contributed by atoms with van der Waals surface area (Å²) in [6, 6.07) is 5.07. The van der Waals surface area contributed by atoms with Gasteiger partial charge >= 0.3 is 5.97 Å². The first-order valence-electron chi connectivity index (χ1n) is 4.26. The number of carbonyl (C=O) groups excluding carboxylic acids is 1. The van der Waals surface area contributed by atoms with Crippen molar-refractivity contribution in [2.75, 3.05) is 13.7 Å². The highest BCUT2D eigenvalue weighted by atomic mass is 35.5. The fourth-order valence-corrected chi connectivity index (χ4v) is 1.43. The standard InChI is InChI=1S/C10H12ClNO2/c1-14-10(13)8-3-2-7(4-5-12)9(11)6-8/h2-3,6H,4-5,12H2,1H3. The van der Waals surface area contributed by atoms with Gasteiger partial charge in [-0.15, -0.1) is 0 Å². The molecule has 0 saturated carbocycles. The van der Waals surface area contributed by atoms with Gasteiger partial charge in [0.2, 0.25) is 0 Å². The lowest BCUT2D eigenvalue weighted by Crippen LogP contribution is -2.05. The van der Waals surface area contributed by atoms with E-state index < -0.39 is 0 Å². The summed E-state index contributed by atoms with van der Waals surface area (Å²) in [7, 11) is 1.34. The van der Waals surface area contributed by atoms with Crippen LogP contribution in [0.25, 0.3) is 0 Å². The minimum absolute atomic E-state index is 0.383. The van der Waals surface area contributed by atoms with Crippen LogP contribution in [0, 0.1) is 0 Å². The van der Waals surface area contributed by atoms with Gasteiger partial charge in [0, 0.05) is 5.02 Å². The molecule has 0 aliphatic carbocycles. The monoisotopic (exact) mass is 213 g/mol. The third kappa shape index (κ3) is 2.47. The second kappa shape index (κ2) is 4.98. The number of carbonyl (C=O) groups is 1. The van der Waals surface area contributed by atoms with Crippen LogP contribution in [0.1, 0.15) is 15.9 Å². The molecule has 0 aliphatic heterocycles. The molecule has 0 heterocycles. The van der Waals surface area contributed by atoms with Crippen molar-refractivity contribution in [2.45, 2.75) is 6.42 Å². The number of esters is 1. The fourth-order valence-electron chi connectivity index (χ4n) is 1.15. The maximum Gasteiger partial charge on any atom is 0.337 e. The maximum absolute atomic E-state index is 11.1. The fraction of sp³-hybridized carbons (Fsp3) is 0.300. The average molecular weight is 214 g/mol. The van der Waals surface area contributed by atoms with Crippen molar-refractivity contribution < 1.29 is 9.53 Å².